The van der Waals surface area contributed by atoms with Crippen molar-refractivity contribution in [2.24, 2.45) is 0 Å². The lowest BCUT2D eigenvalue weighted by molar-refractivity contribution is 0.0300. The van der Waals surface area contributed by atoms with Gasteiger partial charge in [-0.1, -0.05) is 18.2 Å². The monoisotopic (exact) mass is 222 g/mol. The summed E-state index contributed by atoms with van der Waals surface area (Å²) in [5, 5.41) is 0. The van der Waals surface area contributed by atoms with Crippen LogP contribution in [0, 0.1) is 0 Å². The van der Waals surface area contributed by atoms with Crippen LogP contribution < -0.4 is 0 Å². The summed E-state index contributed by atoms with van der Waals surface area (Å²) in [5.41, 5.74) is 0.466. The molecule has 5 nitrogen and oxygen atoms in total. The van der Waals surface area contributed by atoms with Crippen LogP contribution in [0.3, 0.4) is 0 Å². The van der Waals surface area contributed by atoms with Gasteiger partial charge in [-0.05, 0) is 12.1 Å². The van der Waals surface area contributed by atoms with E-state index in [4.69, 9.17) is 9.47 Å². The van der Waals surface area contributed by atoms with E-state index in [0.29, 0.717) is 5.56 Å². The fourth-order valence-electron chi connectivity index (χ4n) is 1.27. The molecule has 1 aliphatic heterocycles. The fraction of sp³-hybridized carbons (Fsp3) is 0.273. The minimum absolute atomic E-state index is 0.0134. The fourth-order valence-corrected chi connectivity index (χ4v) is 1.27. The molecular formula is C11H10O5. The van der Waals surface area contributed by atoms with Crippen LogP contribution >= 0.6 is 0 Å². The van der Waals surface area contributed by atoms with Gasteiger partial charge in [0.25, 0.3) is 0 Å². The van der Waals surface area contributed by atoms with Gasteiger partial charge in [-0.3, -0.25) is 0 Å². The van der Waals surface area contributed by atoms with E-state index < -0.39 is 18.2 Å². The maximum Gasteiger partial charge on any atom is 0.508 e. The lowest BCUT2D eigenvalue weighted by Gasteiger charge is -2.07. The molecule has 0 saturated carbocycles. The zero-order chi connectivity index (χ0) is 11.4. The quantitative estimate of drug-likeness (QED) is 0.723. The van der Waals surface area contributed by atoms with Gasteiger partial charge in [-0.25, -0.2) is 9.59 Å². The Balaban J connectivity index is 1.82. The van der Waals surface area contributed by atoms with E-state index in [1.54, 1.807) is 24.3 Å². The van der Waals surface area contributed by atoms with Crippen molar-refractivity contribution >= 4 is 12.1 Å². The van der Waals surface area contributed by atoms with Crippen molar-refractivity contribution in [3.05, 3.63) is 35.9 Å². The van der Waals surface area contributed by atoms with Gasteiger partial charge >= 0.3 is 12.1 Å². The van der Waals surface area contributed by atoms with Crippen LogP contribution in [-0.2, 0) is 14.2 Å². The molecule has 2 rings (SSSR count). The molecule has 16 heavy (non-hydrogen) atoms. The van der Waals surface area contributed by atoms with E-state index in [1.165, 1.54) is 0 Å². The van der Waals surface area contributed by atoms with Crippen molar-refractivity contribution in [1.29, 1.82) is 0 Å². The van der Waals surface area contributed by atoms with Gasteiger partial charge in [0.15, 0.2) is 6.10 Å². The molecule has 0 bridgehead atoms. The van der Waals surface area contributed by atoms with E-state index in [1.807, 2.05) is 6.07 Å². The Morgan fingerprint density at radius 2 is 2.12 bits per heavy atom. The molecule has 0 spiro atoms. The summed E-state index contributed by atoms with van der Waals surface area (Å²) in [5.74, 6) is -0.441. The molecular weight excluding hydrogens is 212 g/mol. The number of cyclic esters (lactones) is 2. The molecule has 1 aromatic rings. The maximum atomic E-state index is 11.5. The normalized spacial score (nSPS) is 18.8. The minimum Gasteiger partial charge on any atom is -0.458 e. The zero-order valence-corrected chi connectivity index (χ0v) is 8.42. The second-order valence-corrected chi connectivity index (χ2v) is 3.27. The third-order valence-electron chi connectivity index (χ3n) is 2.06. The number of hydrogen-bond acceptors (Lipinski definition) is 5. The number of esters is 1. The molecule has 0 amide bonds. The smallest absolute Gasteiger partial charge is 0.458 e. The van der Waals surface area contributed by atoms with Crippen LogP contribution in [0.1, 0.15) is 10.4 Å². The highest BCUT2D eigenvalue weighted by Gasteiger charge is 2.26. The highest BCUT2D eigenvalue weighted by Crippen LogP contribution is 2.08. The molecule has 0 radical (unpaired) electrons. The highest BCUT2D eigenvalue weighted by molar-refractivity contribution is 5.89. The van der Waals surface area contributed by atoms with Crippen LogP contribution in [0.2, 0.25) is 0 Å². The zero-order valence-electron chi connectivity index (χ0n) is 8.42. The van der Waals surface area contributed by atoms with Crippen LogP contribution in [0.15, 0.2) is 30.3 Å². The van der Waals surface area contributed by atoms with Crippen molar-refractivity contribution in [1.82, 2.24) is 0 Å². The molecule has 1 aliphatic rings. The van der Waals surface area contributed by atoms with E-state index in [0.717, 1.165) is 0 Å². The van der Waals surface area contributed by atoms with E-state index in [2.05, 4.69) is 4.74 Å². The van der Waals surface area contributed by atoms with Crippen LogP contribution in [-0.4, -0.2) is 31.4 Å². The average Bonchev–Trinajstić information content (AvgIpc) is 2.73. The summed E-state index contributed by atoms with van der Waals surface area (Å²) in [4.78, 5) is 22.1. The molecule has 0 aromatic heterocycles. The summed E-state index contributed by atoms with van der Waals surface area (Å²) in [7, 11) is 0. The van der Waals surface area contributed by atoms with E-state index in [-0.39, 0.29) is 13.2 Å². The molecule has 1 heterocycles. The van der Waals surface area contributed by atoms with Gasteiger partial charge in [0, 0.05) is 0 Å². The molecule has 5 heteroatoms. The number of hydrogen-bond donors (Lipinski definition) is 0. The summed E-state index contributed by atoms with van der Waals surface area (Å²) in [6.07, 6.45) is -1.22. The van der Waals surface area contributed by atoms with Crippen LogP contribution in [0.25, 0.3) is 0 Å². The number of ether oxygens (including phenoxy) is 3. The lowest BCUT2D eigenvalue weighted by Crippen LogP contribution is -2.20. The Bertz CT molecular complexity index is 387. The van der Waals surface area contributed by atoms with Crippen molar-refractivity contribution in [3.8, 4) is 0 Å². The second kappa shape index (κ2) is 4.65. The first-order chi connectivity index (χ1) is 7.75. The summed E-state index contributed by atoms with van der Waals surface area (Å²) in [6.45, 7) is 0.139. The van der Waals surface area contributed by atoms with Gasteiger partial charge in [-0.2, -0.15) is 0 Å². The van der Waals surface area contributed by atoms with Gasteiger partial charge in [-0.15, -0.1) is 0 Å². The summed E-state index contributed by atoms with van der Waals surface area (Å²) >= 11 is 0. The molecule has 1 fully saturated rings. The average molecular weight is 222 g/mol. The van der Waals surface area contributed by atoms with Gasteiger partial charge in [0.05, 0.1) is 5.56 Å². The molecule has 0 unspecified atom stereocenters. The molecule has 84 valence electrons. The number of rotatable bonds is 3. The number of benzene rings is 1. The van der Waals surface area contributed by atoms with E-state index in [9.17, 15) is 9.59 Å². The van der Waals surface area contributed by atoms with Crippen molar-refractivity contribution < 1.29 is 23.8 Å². The third-order valence-corrected chi connectivity index (χ3v) is 2.06. The van der Waals surface area contributed by atoms with Gasteiger partial charge in [0.2, 0.25) is 0 Å². The molecule has 1 atom stereocenters. The first kappa shape index (κ1) is 10.5. The van der Waals surface area contributed by atoms with E-state index >= 15 is 0 Å². The van der Waals surface area contributed by atoms with Gasteiger partial charge in [0.1, 0.15) is 13.2 Å². The second-order valence-electron chi connectivity index (χ2n) is 3.27. The number of carbonyl (C=O) groups is 2. The Labute approximate surface area is 91.9 Å². The predicted molar refractivity (Wildman–Crippen MR) is 52.9 cm³/mol. The topological polar surface area (TPSA) is 61.8 Å². The molecule has 1 saturated heterocycles. The maximum absolute atomic E-state index is 11.5. The first-order valence-corrected chi connectivity index (χ1v) is 4.81. The minimum atomic E-state index is -0.722. The van der Waals surface area contributed by atoms with Crippen molar-refractivity contribution in [2.75, 3.05) is 13.2 Å². The van der Waals surface area contributed by atoms with Crippen molar-refractivity contribution in [2.45, 2.75) is 6.10 Å². The standard InChI is InChI=1S/C11H10O5/c12-10(8-4-2-1-3-5-8)14-6-9-7-15-11(13)16-9/h1-5,9H,6-7H2/t9-/m1/s1. The third kappa shape index (κ3) is 2.50. The highest BCUT2D eigenvalue weighted by atomic mass is 16.8. The molecule has 0 N–H and O–H groups in total. The summed E-state index contributed by atoms with van der Waals surface area (Å²) < 4.78 is 14.2. The first-order valence-electron chi connectivity index (χ1n) is 4.81. The van der Waals surface area contributed by atoms with Crippen molar-refractivity contribution in [3.63, 3.8) is 0 Å². The molecule has 0 aliphatic carbocycles. The Hall–Kier alpha value is -2.04. The van der Waals surface area contributed by atoms with Gasteiger partial charge < -0.3 is 14.2 Å². The lowest BCUT2D eigenvalue weighted by atomic mass is 10.2. The Kier molecular flexibility index (Phi) is 3.05. The predicted octanol–water partition coefficient (Wildman–Crippen LogP) is 1.38. The molecule has 1 aromatic carbocycles. The Morgan fingerprint density at radius 1 is 1.38 bits per heavy atom. The Morgan fingerprint density at radius 3 is 2.75 bits per heavy atom. The van der Waals surface area contributed by atoms with Crippen LogP contribution in [0.4, 0.5) is 4.79 Å². The largest absolute Gasteiger partial charge is 0.508 e. The SMILES string of the molecule is O=C1OC[C@@H](COC(=O)c2ccccc2)O1. The summed E-state index contributed by atoms with van der Waals surface area (Å²) in [6, 6.07) is 8.60. The van der Waals surface area contributed by atoms with Crippen LogP contribution in [0.5, 0.6) is 0 Å². The number of carbonyl (C=O) groups excluding carboxylic acids is 2.